The summed E-state index contributed by atoms with van der Waals surface area (Å²) in [5, 5.41) is 0. The molecule has 4 heterocycles. The van der Waals surface area contributed by atoms with Crippen LogP contribution in [0.2, 0.25) is 0 Å². The van der Waals surface area contributed by atoms with Crippen molar-refractivity contribution >= 4 is 5.78 Å². The summed E-state index contributed by atoms with van der Waals surface area (Å²) < 4.78 is 0. The Morgan fingerprint density at radius 2 is 1.86 bits per heavy atom. The minimum atomic E-state index is -0.161. The highest BCUT2D eigenvalue weighted by atomic mass is 16.1. The zero-order valence-electron chi connectivity index (χ0n) is 13.9. The van der Waals surface area contributed by atoms with Crippen molar-refractivity contribution in [1.82, 2.24) is 9.80 Å². The fourth-order valence-corrected chi connectivity index (χ4v) is 5.39. The largest absolute Gasteiger partial charge is 0.298 e. The van der Waals surface area contributed by atoms with E-state index in [1.54, 1.807) is 0 Å². The Morgan fingerprint density at radius 1 is 1.18 bits per heavy atom. The molecule has 4 fully saturated rings. The molecular formula is C19H26N2O. The molecule has 3 nitrogen and oxygen atoms in total. The smallest absolute Gasteiger partial charge is 0.150 e. The molecule has 0 aromatic heterocycles. The third kappa shape index (κ3) is 1.85. The van der Waals surface area contributed by atoms with E-state index in [1.165, 1.54) is 11.1 Å². The molecule has 0 aliphatic carbocycles. The van der Waals surface area contributed by atoms with Gasteiger partial charge in [0.2, 0.25) is 0 Å². The van der Waals surface area contributed by atoms with Crippen LogP contribution in [0.1, 0.15) is 44.0 Å². The monoisotopic (exact) mass is 298 g/mol. The average molecular weight is 298 g/mol. The fraction of sp³-hybridized carbons (Fsp3) is 0.632. The van der Waals surface area contributed by atoms with Crippen molar-refractivity contribution in [1.29, 1.82) is 0 Å². The zero-order valence-corrected chi connectivity index (χ0v) is 13.9. The second-order valence-corrected chi connectivity index (χ2v) is 8.02. The first kappa shape index (κ1) is 14.4. The second-order valence-electron chi connectivity index (χ2n) is 8.02. The Morgan fingerprint density at radius 3 is 2.45 bits per heavy atom. The molecule has 0 spiro atoms. The Hall–Kier alpha value is -1.19. The number of carbonyl (C=O) groups excluding carboxylic acids is 1. The maximum Gasteiger partial charge on any atom is 0.150 e. The number of rotatable bonds is 3. The van der Waals surface area contributed by atoms with Gasteiger partial charge in [0.15, 0.2) is 0 Å². The lowest BCUT2D eigenvalue weighted by Gasteiger charge is -2.65. The van der Waals surface area contributed by atoms with Gasteiger partial charge in [-0.25, -0.2) is 0 Å². The molecule has 0 N–H and O–H groups in total. The summed E-state index contributed by atoms with van der Waals surface area (Å²) in [6.45, 7) is 10.3. The highest BCUT2D eigenvalue weighted by molar-refractivity contribution is 5.93. The number of Topliss-reactive ketones (excluding diaryl/α,β-unsaturated/α-hetero) is 1. The standard InChI is InChI=1S/C19H26N2O/c1-4-8-19-12-20-10-18(3,17(19)22)11-21(13-19)16(20)15-7-5-6-14(2)9-15/h5-7,9,16H,4,8,10-13H2,1-3H3. The molecule has 118 valence electrons. The molecule has 0 radical (unpaired) electrons. The van der Waals surface area contributed by atoms with Crippen LogP contribution in [0.15, 0.2) is 24.3 Å². The molecule has 2 unspecified atom stereocenters. The highest BCUT2D eigenvalue weighted by Crippen LogP contribution is 2.53. The van der Waals surface area contributed by atoms with Crippen molar-refractivity contribution in [2.75, 3.05) is 26.2 Å². The SMILES string of the molecule is CCCC12CN3CC(C)(CN(C1)C3c1cccc(C)c1)C2=O. The van der Waals surface area contributed by atoms with E-state index in [-0.39, 0.29) is 10.8 Å². The third-order valence-electron chi connectivity index (χ3n) is 5.91. The lowest BCUT2D eigenvalue weighted by molar-refractivity contribution is -0.201. The van der Waals surface area contributed by atoms with Gasteiger partial charge in [-0.15, -0.1) is 0 Å². The van der Waals surface area contributed by atoms with E-state index in [2.05, 4.69) is 54.8 Å². The first-order valence-electron chi connectivity index (χ1n) is 8.57. The van der Waals surface area contributed by atoms with Crippen molar-refractivity contribution in [3.8, 4) is 0 Å². The van der Waals surface area contributed by atoms with E-state index < -0.39 is 0 Å². The Balaban J connectivity index is 1.73. The molecule has 4 bridgehead atoms. The van der Waals surface area contributed by atoms with Crippen LogP contribution >= 0.6 is 0 Å². The molecule has 0 amide bonds. The van der Waals surface area contributed by atoms with E-state index >= 15 is 0 Å². The zero-order chi connectivity index (χ0) is 15.5. The van der Waals surface area contributed by atoms with Gasteiger partial charge in [-0.3, -0.25) is 14.6 Å². The molecule has 3 heteroatoms. The number of nitrogens with zero attached hydrogens (tertiary/aromatic N) is 2. The molecule has 5 rings (SSSR count). The summed E-state index contributed by atoms with van der Waals surface area (Å²) >= 11 is 0. The summed E-state index contributed by atoms with van der Waals surface area (Å²) in [6.07, 6.45) is 2.50. The van der Waals surface area contributed by atoms with E-state index in [1.807, 2.05) is 0 Å². The van der Waals surface area contributed by atoms with E-state index in [9.17, 15) is 4.79 Å². The predicted octanol–water partition coefficient (Wildman–Crippen LogP) is 3.00. The van der Waals surface area contributed by atoms with Crippen molar-refractivity contribution in [3.05, 3.63) is 35.4 Å². The molecule has 4 saturated heterocycles. The van der Waals surface area contributed by atoms with Crippen LogP contribution in [-0.4, -0.2) is 41.8 Å². The van der Waals surface area contributed by atoms with Crippen molar-refractivity contribution < 1.29 is 4.79 Å². The molecular weight excluding hydrogens is 272 g/mol. The first-order valence-corrected chi connectivity index (χ1v) is 8.57. The van der Waals surface area contributed by atoms with Crippen LogP contribution in [0.5, 0.6) is 0 Å². The average Bonchev–Trinajstić information content (AvgIpc) is 2.44. The topological polar surface area (TPSA) is 23.6 Å². The summed E-state index contributed by atoms with van der Waals surface area (Å²) in [7, 11) is 0. The van der Waals surface area contributed by atoms with Gasteiger partial charge in [0, 0.05) is 26.2 Å². The quantitative estimate of drug-likeness (QED) is 0.857. The van der Waals surface area contributed by atoms with E-state index in [4.69, 9.17) is 0 Å². The number of benzene rings is 1. The Labute approximate surface area is 133 Å². The molecule has 4 aliphatic rings. The summed E-state index contributed by atoms with van der Waals surface area (Å²) in [4.78, 5) is 18.2. The maximum atomic E-state index is 13.1. The van der Waals surface area contributed by atoms with Crippen molar-refractivity contribution in [2.24, 2.45) is 10.8 Å². The number of piperidine rings is 2. The normalized spacial score (nSPS) is 42.9. The first-order chi connectivity index (χ1) is 10.5. The van der Waals surface area contributed by atoms with Gasteiger partial charge in [-0.2, -0.15) is 0 Å². The molecule has 0 saturated carbocycles. The molecule has 4 aliphatic heterocycles. The number of ketones is 1. The Bertz CT molecular complexity index is 608. The minimum absolute atomic E-state index is 0.111. The lowest BCUT2D eigenvalue weighted by atomic mass is 9.59. The number of aryl methyl sites for hydroxylation is 1. The summed E-state index contributed by atoms with van der Waals surface area (Å²) in [5.41, 5.74) is 2.44. The lowest BCUT2D eigenvalue weighted by Crippen LogP contribution is -2.76. The van der Waals surface area contributed by atoms with Crippen LogP contribution in [0, 0.1) is 17.8 Å². The number of carbonyl (C=O) groups is 1. The predicted molar refractivity (Wildman–Crippen MR) is 87.5 cm³/mol. The second kappa shape index (κ2) is 4.65. The van der Waals surface area contributed by atoms with E-state index in [0.29, 0.717) is 11.9 Å². The van der Waals surface area contributed by atoms with Crippen molar-refractivity contribution in [3.63, 3.8) is 0 Å². The van der Waals surface area contributed by atoms with Gasteiger partial charge >= 0.3 is 0 Å². The van der Waals surface area contributed by atoms with Crippen LogP contribution in [0.3, 0.4) is 0 Å². The van der Waals surface area contributed by atoms with Crippen LogP contribution < -0.4 is 0 Å². The third-order valence-corrected chi connectivity index (χ3v) is 5.91. The minimum Gasteiger partial charge on any atom is -0.298 e. The summed E-state index contributed by atoms with van der Waals surface area (Å²) in [6, 6.07) is 8.88. The van der Waals surface area contributed by atoms with Gasteiger partial charge in [0.25, 0.3) is 0 Å². The maximum absolute atomic E-state index is 13.1. The van der Waals surface area contributed by atoms with E-state index in [0.717, 1.165) is 39.0 Å². The Kier molecular flexibility index (Phi) is 3.05. The number of hydrogen-bond acceptors (Lipinski definition) is 3. The van der Waals surface area contributed by atoms with Gasteiger partial charge in [-0.05, 0) is 18.9 Å². The van der Waals surface area contributed by atoms with Crippen LogP contribution in [-0.2, 0) is 4.79 Å². The van der Waals surface area contributed by atoms with Crippen LogP contribution in [0.4, 0.5) is 0 Å². The van der Waals surface area contributed by atoms with Gasteiger partial charge in [0.05, 0.1) is 17.0 Å². The van der Waals surface area contributed by atoms with Crippen LogP contribution in [0.25, 0.3) is 0 Å². The summed E-state index contributed by atoms with van der Waals surface area (Å²) in [5.74, 6) is 0.539. The fourth-order valence-electron chi connectivity index (χ4n) is 5.39. The number of hydrogen-bond donors (Lipinski definition) is 0. The van der Waals surface area contributed by atoms with Gasteiger partial charge in [0.1, 0.15) is 5.78 Å². The molecule has 1 aromatic carbocycles. The van der Waals surface area contributed by atoms with Crippen molar-refractivity contribution in [2.45, 2.75) is 39.8 Å². The van der Waals surface area contributed by atoms with Gasteiger partial charge in [-0.1, -0.05) is 50.1 Å². The highest BCUT2D eigenvalue weighted by Gasteiger charge is 2.63. The molecule has 1 aromatic rings. The van der Waals surface area contributed by atoms with Gasteiger partial charge < -0.3 is 0 Å². The molecule has 22 heavy (non-hydrogen) atoms. The molecule has 2 atom stereocenters.